The molecule has 4 heterocycles. The fourth-order valence-corrected chi connectivity index (χ4v) is 4.68. The van der Waals surface area contributed by atoms with Crippen LogP contribution < -0.4 is 0 Å². The van der Waals surface area contributed by atoms with E-state index in [-0.39, 0.29) is 5.91 Å². The molecule has 0 unspecified atom stereocenters. The number of nitrogens with zero attached hydrogens (tertiary/aromatic N) is 5. The molecule has 3 aromatic heterocycles. The Kier molecular flexibility index (Phi) is 5.28. The average Bonchev–Trinajstić information content (AvgIpc) is 3.36. The highest BCUT2D eigenvalue weighted by atomic mass is 32.2. The van der Waals surface area contributed by atoms with Crippen molar-refractivity contribution in [3.63, 3.8) is 0 Å². The molecule has 1 N–H and O–H groups in total. The molecule has 1 aliphatic heterocycles. The number of nitrogens with one attached hydrogen (secondary N) is 1. The lowest BCUT2D eigenvalue weighted by Crippen LogP contribution is -2.38. The van der Waals surface area contributed by atoms with Crippen LogP contribution >= 0.6 is 11.8 Å². The molecule has 8 nitrogen and oxygen atoms in total. The zero-order valence-electron chi connectivity index (χ0n) is 16.9. The van der Waals surface area contributed by atoms with Crippen molar-refractivity contribution < 1.29 is 9.32 Å². The van der Waals surface area contributed by atoms with Gasteiger partial charge in [-0.15, -0.1) is 0 Å². The molecule has 1 saturated heterocycles. The number of H-pyrrole nitrogens is 1. The second-order valence-corrected chi connectivity index (χ2v) is 8.96. The van der Waals surface area contributed by atoms with Gasteiger partial charge >= 0.3 is 0 Å². The number of carbonyl (C=O) groups excluding carboxylic acids is 1. The Morgan fingerprint density at radius 3 is 2.83 bits per heavy atom. The summed E-state index contributed by atoms with van der Waals surface area (Å²) in [5.74, 6) is 4.27. The number of carbonyl (C=O) groups is 1. The van der Waals surface area contributed by atoms with Crippen molar-refractivity contribution in [1.82, 2.24) is 30.2 Å². The molecule has 1 amide bonds. The molecule has 1 aliphatic carbocycles. The number of aromatic nitrogens is 5. The van der Waals surface area contributed by atoms with E-state index in [1.807, 2.05) is 30.0 Å². The van der Waals surface area contributed by atoms with Gasteiger partial charge in [-0.1, -0.05) is 16.9 Å². The fraction of sp³-hybridized carbons (Fsp3) is 0.476. The molecule has 0 atom stereocenters. The van der Waals surface area contributed by atoms with Crippen LogP contribution in [-0.2, 0) is 5.75 Å². The lowest BCUT2D eigenvalue weighted by atomic mass is 9.96. The second-order valence-electron chi connectivity index (χ2n) is 7.99. The Morgan fingerprint density at radius 1 is 1.27 bits per heavy atom. The molecule has 0 aromatic carbocycles. The van der Waals surface area contributed by atoms with E-state index in [2.05, 4.69) is 20.3 Å². The van der Waals surface area contributed by atoms with Crippen LogP contribution in [-0.4, -0.2) is 49.2 Å². The normalized spacial score (nSPS) is 17.4. The van der Waals surface area contributed by atoms with Crippen LogP contribution in [0.25, 0.3) is 0 Å². The highest BCUT2D eigenvalue weighted by Gasteiger charge is 2.31. The number of aromatic amines is 1. The Balaban J connectivity index is 1.22. The van der Waals surface area contributed by atoms with Gasteiger partial charge in [-0.05, 0) is 44.7 Å². The number of thioether (sulfide) groups is 1. The molecule has 2 aliphatic rings. The van der Waals surface area contributed by atoms with Crippen molar-refractivity contribution in [2.45, 2.75) is 55.2 Å². The predicted octanol–water partition coefficient (Wildman–Crippen LogP) is 3.69. The summed E-state index contributed by atoms with van der Waals surface area (Å²) < 4.78 is 5.12. The molecular weight excluding hydrogens is 400 g/mol. The summed E-state index contributed by atoms with van der Waals surface area (Å²) in [6, 6.07) is 5.58. The Hall–Kier alpha value is -2.68. The number of hydrogen-bond acceptors (Lipinski definition) is 7. The van der Waals surface area contributed by atoms with Crippen LogP contribution in [0.15, 0.2) is 33.9 Å². The van der Waals surface area contributed by atoms with Crippen molar-refractivity contribution in [1.29, 1.82) is 0 Å². The lowest BCUT2D eigenvalue weighted by Gasteiger charge is -2.31. The molecule has 30 heavy (non-hydrogen) atoms. The van der Waals surface area contributed by atoms with E-state index in [1.54, 1.807) is 6.20 Å². The lowest BCUT2D eigenvalue weighted by molar-refractivity contribution is 0.0706. The number of rotatable bonds is 6. The maximum atomic E-state index is 13.2. The van der Waals surface area contributed by atoms with E-state index in [9.17, 15) is 4.79 Å². The van der Waals surface area contributed by atoms with Gasteiger partial charge in [-0.25, -0.2) is 9.97 Å². The van der Waals surface area contributed by atoms with Gasteiger partial charge in [0.2, 0.25) is 0 Å². The first-order valence-electron chi connectivity index (χ1n) is 10.4. The van der Waals surface area contributed by atoms with Gasteiger partial charge in [-0.3, -0.25) is 9.89 Å². The van der Waals surface area contributed by atoms with Crippen LogP contribution in [0.3, 0.4) is 0 Å². The number of amides is 1. The minimum atomic E-state index is 0.0385. The van der Waals surface area contributed by atoms with Gasteiger partial charge in [0.05, 0.1) is 11.3 Å². The first-order chi connectivity index (χ1) is 14.7. The van der Waals surface area contributed by atoms with E-state index in [0.29, 0.717) is 36.2 Å². The summed E-state index contributed by atoms with van der Waals surface area (Å²) >= 11 is 1.51. The standard InChI is InChI=1S/C21H24N6O2S/c1-13-11-16(26-29-13)12-30-20-17(3-2-8-22-20)21(28)27-9-6-15(7-10-27)19-23-18(24-25-19)14-4-5-14/h2-3,8,11,14-15H,4-7,9-10,12H2,1H3,(H,23,24,25). The molecule has 156 valence electrons. The second kappa shape index (κ2) is 8.22. The molecule has 5 rings (SSSR count). The van der Waals surface area contributed by atoms with E-state index in [1.165, 1.54) is 24.6 Å². The fourth-order valence-electron chi connectivity index (χ4n) is 3.82. The Morgan fingerprint density at radius 2 is 2.10 bits per heavy atom. The molecule has 0 spiro atoms. The molecule has 3 aromatic rings. The Bertz CT molecular complexity index is 1040. The van der Waals surface area contributed by atoms with E-state index >= 15 is 0 Å². The molecular formula is C21H24N6O2S. The van der Waals surface area contributed by atoms with Gasteiger partial charge in [0.1, 0.15) is 16.6 Å². The summed E-state index contributed by atoms with van der Waals surface area (Å²) in [7, 11) is 0. The quantitative estimate of drug-likeness (QED) is 0.602. The highest BCUT2D eigenvalue weighted by molar-refractivity contribution is 7.98. The van der Waals surface area contributed by atoms with Crippen LogP contribution in [0.5, 0.6) is 0 Å². The van der Waals surface area contributed by atoms with Crippen molar-refractivity contribution in [3.05, 3.63) is 53.1 Å². The largest absolute Gasteiger partial charge is 0.361 e. The van der Waals surface area contributed by atoms with Gasteiger partial charge in [-0.2, -0.15) is 5.10 Å². The zero-order valence-corrected chi connectivity index (χ0v) is 17.7. The minimum absolute atomic E-state index is 0.0385. The third kappa shape index (κ3) is 4.12. The third-order valence-corrected chi connectivity index (χ3v) is 6.71. The minimum Gasteiger partial charge on any atom is -0.361 e. The summed E-state index contributed by atoms with van der Waals surface area (Å²) in [6.45, 7) is 3.29. The SMILES string of the molecule is Cc1cc(CSc2ncccc2C(=O)N2CCC(c3nc(C4CC4)n[nH]3)CC2)no1. The molecule has 2 fully saturated rings. The van der Waals surface area contributed by atoms with Gasteiger partial charge in [0, 0.05) is 42.9 Å². The van der Waals surface area contributed by atoms with Gasteiger partial charge < -0.3 is 9.42 Å². The van der Waals surface area contributed by atoms with Crippen LogP contribution in [0.4, 0.5) is 0 Å². The van der Waals surface area contributed by atoms with Crippen molar-refractivity contribution in [2.75, 3.05) is 13.1 Å². The number of aryl methyl sites for hydroxylation is 1. The summed E-state index contributed by atoms with van der Waals surface area (Å²) in [4.78, 5) is 24.2. The molecule has 0 radical (unpaired) electrons. The average molecular weight is 425 g/mol. The summed E-state index contributed by atoms with van der Waals surface area (Å²) in [6.07, 6.45) is 5.91. The highest BCUT2D eigenvalue weighted by Crippen LogP contribution is 2.38. The van der Waals surface area contributed by atoms with Crippen molar-refractivity contribution in [2.24, 2.45) is 0 Å². The predicted molar refractivity (Wildman–Crippen MR) is 111 cm³/mol. The van der Waals surface area contributed by atoms with Crippen LogP contribution in [0, 0.1) is 6.92 Å². The topological polar surface area (TPSA) is 101 Å². The Labute approximate surface area is 178 Å². The van der Waals surface area contributed by atoms with Crippen LogP contribution in [0.2, 0.25) is 0 Å². The first-order valence-corrected chi connectivity index (χ1v) is 11.4. The number of likely N-dealkylation sites (tertiary alicyclic amines) is 1. The van der Waals surface area contributed by atoms with E-state index in [0.717, 1.165) is 41.0 Å². The smallest absolute Gasteiger partial charge is 0.256 e. The maximum Gasteiger partial charge on any atom is 0.256 e. The van der Waals surface area contributed by atoms with Crippen molar-refractivity contribution in [3.8, 4) is 0 Å². The zero-order chi connectivity index (χ0) is 20.5. The molecule has 9 heteroatoms. The summed E-state index contributed by atoms with van der Waals surface area (Å²) in [5, 5.41) is 12.2. The van der Waals surface area contributed by atoms with E-state index < -0.39 is 0 Å². The third-order valence-electron chi connectivity index (χ3n) is 5.67. The molecule has 1 saturated carbocycles. The van der Waals surface area contributed by atoms with Gasteiger partial charge in [0.15, 0.2) is 5.82 Å². The van der Waals surface area contributed by atoms with Crippen LogP contribution in [0.1, 0.15) is 71.0 Å². The number of hydrogen-bond donors (Lipinski definition) is 1. The van der Waals surface area contributed by atoms with Gasteiger partial charge in [0.25, 0.3) is 5.91 Å². The maximum absolute atomic E-state index is 13.2. The van der Waals surface area contributed by atoms with E-state index in [4.69, 9.17) is 9.51 Å². The summed E-state index contributed by atoms with van der Waals surface area (Å²) in [5.41, 5.74) is 1.50. The number of pyridine rings is 1. The molecule has 0 bridgehead atoms. The monoisotopic (exact) mass is 424 g/mol. The number of piperidine rings is 1. The van der Waals surface area contributed by atoms with Crippen molar-refractivity contribution >= 4 is 17.7 Å². The first kappa shape index (κ1) is 19.3.